The maximum atomic E-state index is 12.2. The van der Waals surface area contributed by atoms with Gasteiger partial charge in [-0.25, -0.2) is 4.79 Å². The first-order valence-corrected chi connectivity index (χ1v) is 8.54. The first kappa shape index (κ1) is 13.8. The smallest absolute Gasteiger partial charge is 0.408 e. The van der Waals surface area contributed by atoms with Crippen molar-refractivity contribution in [1.29, 1.82) is 0 Å². The molecule has 114 valence electrons. The van der Waals surface area contributed by atoms with Crippen LogP contribution in [0.4, 0.5) is 0 Å². The normalized spacial score (nSPS) is 19.7. The monoisotopic (exact) mass is 314 g/mol. The summed E-state index contributed by atoms with van der Waals surface area (Å²) in [6.45, 7) is 2.97. The lowest BCUT2D eigenvalue weighted by Crippen LogP contribution is -2.38. The van der Waals surface area contributed by atoms with Crippen LogP contribution < -0.4 is 5.76 Å². The van der Waals surface area contributed by atoms with Crippen molar-refractivity contribution in [1.82, 2.24) is 9.47 Å². The first-order valence-electron chi connectivity index (χ1n) is 7.66. The fourth-order valence-corrected chi connectivity index (χ4v) is 4.08. The van der Waals surface area contributed by atoms with Crippen molar-refractivity contribution in [2.45, 2.75) is 25.4 Å². The first-order chi connectivity index (χ1) is 10.8. The third kappa shape index (κ3) is 2.51. The molecule has 1 fully saturated rings. The molecule has 0 spiro atoms. The number of hydrogen-bond acceptors (Lipinski definition) is 4. The van der Waals surface area contributed by atoms with Gasteiger partial charge in [0.25, 0.3) is 0 Å². The number of para-hydroxylation sites is 2. The Morgan fingerprint density at radius 2 is 2.14 bits per heavy atom. The van der Waals surface area contributed by atoms with Gasteiger partial charge in [-0.1, -0.05) is 18.2 Å². The van der Waals surface area contributed by atoms with E-state index in [1.165, 1.54) is 4.88 Å². The van der Waals surface area contributed by atoms with Crippen molar-refractivity contribution in [3.63, 3.8) is 0 Å². The van der Waals surface area contributed by atoms with E-state index in [1.807, 2.05) is 28.8 Å². The highest BCUT2D eigenvalue weighted by Crippen LogP contribution is 2.26. The van der Waals surface area contributed by atoms with Crippen LogP contribution in [0, 0.1) is 0 Å². The minimum Gasteiger partial charge on any atom is -0.408 e. The number of rotatable bonds is 3. The second-order valence-electron chi connectivity index (χ2n) is 5.82. The van der Waals surface area contributed by atoms with E-state index in [0.717, 1.165) is 38.0 Å². The number of piperidine rings is 1. The zero-order valence-corrected chi connectivity index (χ0v) is 13.1. The summed E-state index contributed by atoms with van der Waals surface area (Å²) in [6.07, 6.45) is 2.15. The maximum absolute atomic E-state index is 12.2. The number of nitrogens with zero attached hydrogens (tertiary/aromatic N) is 2. The molecule has 0 aliphatic carbocycles. The molecule has 1 atom stereocenters. The van der Waals surface area contributed by atoms with Gasteiger partial charge in [-0.05, 0) is 43.0 Å². The van der Waals surface area contributed by atoms with Gasteiger partial charge in [0.05, 0.1) is 11.6 Å². The molecule has 0 radical (unpaired) electrons. The van der Waals surface area contributed by atoms with E-state index in [-0.39, 0.29) is 11.8 Å². The van der Waals surface area contributed by atoms with Gasteiger partial charge in [-0.15, -0.1) is 11.3 Å². The van der Waals surface area contributed by atoms with E-state index in [1.54, 1.807) is 11.3 Å². The Hall–Kier alpha value is -1.85. The number of hydrogen-bond donors (Lipinski definition) is 0. The van der Waals surface area contributed by atoms with Gasteiger partial charge in [0.1, 0.15) is 0 Å². The molecule has 0 saturated carbocycles. The molecule has 22 heavy (non-hydrogen) atoms. The average Bonchev–Trinajstić information content (AvgIpc) is 3.14. The average molecular weight is 314 g/mol. The van der Waals surface area contributed by atoms with Gasteiger partial charge in [0.2, 0.25) is 0 Å². The molecule has 4 rings (SSSR count). The third-order valence-corrected chi connectivity index (χ3v) is 5.19. The van der Waals surface area contributed by atoms with Gasteiger partial charge in [0.15, 0.2) is 5.58 Å². The largest absolute Gasteiger partial charge is 0.420 e. The molecule has 5 heteroatoms. The van der Waals surface area contributed by atoms with Crippen LogP contribution in [0.5, 0.6) is 0 Å². The molecule has 0 bridgehead atoms. The molecule has 3 aromatic rings. The zero-order chi connectivity index (χ0) is 14.9. The summed E-state index contributed by atoms with van der Waals surface area (Å²) in [7, 11) is 0. The summed E-state index contributed by atoms with van der Waals surface area (Å²) < 4.78 is 7.23. The molecule has 3 heterocycles. The van der Waals surface area contributed by atoms with Gasteiger partial charge >= 0.3 is 5.76 Å². The van der Waals surface area contributed by atoms with E-state index >= 15 is 0 Å². The van der Waals surface area contributed by atoms with Gasteiger partial charge in [-0.3, -0.25) is 9.47 Å². The highest BCUT2D eigenvalue weighted by molar-refractivity contribution is 7.09. The van der Waals surface area contributed by atoms with Crippen LogP contribution in [0.1, 0.15) is 23.8 Å². The zero-order valence-electron chi connectivity index (χ0n) is 12.3. The summed E-state index contributed by atoms with van der Waals surface area (Å²) in [5.41, 5.74) is 1.60. The molecule has 1 aliphatic heterocycles. The second kappa shape index (κ2) is 5.74. The number of fused-ring (bicyclic) bond motifs is 1. The van der Waals surface area contributed by atoms with Crippen molar-refractivity contribution in [3.8, 4) is 0 Å². The van der Waals surface area contributed by atoms with Crippen molar-refractivity contribution >= 4 is 22.4 Å². The number of benzene rings is 1. The number of likely N-dealkylation sites (tertiary alicyclic amines) is 1. The topological polar surface area (TPSA) is 38.4 Å². The highest BCUT2D eigenvalue weighted by Gasteiger charge is 2.25. The lowest BCUT2D eigenvalue weighted by Gasteiger charge is -2.32. The minimum atomic E-state index is -0.232. The molecule has 0 N–H and O–H groups in total. The predicted octanol–water partition coefficient (Wildman–Crippen LogP) is 3.49. The molecule has 1 aliphatic rings. The van der Waals surface area contributed by atoms with Crippen LogP contribution in [0.15, 0.2) is 51.0 Å². The summed E-state index contributed by atoms with van der Waals surface area (Å²) in [4.78, 5) is 16.1. The lowest BCUT2D eigenvalue weighted by atomic mass is 10.1. The molecule has 0 amide bonds. The van der Waals surface area contributed by atoms with Crippen LogP contribution in [0.2, 0.25) is 0 Å². The Bertz CT molecular complexity index is 819. The number of thiophene rings is 1. The minimum absolute atomic E-state index is 0.199. The molecular weight excluding hydrogens is 296 g/mol. The Morgan fingerprint density at radius 3 is 3.00 bits per heavy atom. The Labute approximate surface area is 132 Å². The molecule has 1 saturated heterocycles. The van der Waals surface area contributed by atoms with E-state index < -0.39 is 0 Å². The summed E-state index contributed by atoms with van der Waals surface area (Å²) in [5, 5.41) is 2.12. The maximum Gasteiger partial charge on any atom is 0.420 e. The quantitative estimate of drug-likeness (QED) is 0.743. The van der Waals surface area contributed by atoms with Gasteiger partial charge < -0.3 is 4.42 Å². The fourth-order valence-electron chi connectivity index (χ4n) is 3.34. The van der Waals surface area contributed by atoms with Crippen LogP contribution in [-0.2, 0) is 6.54 Å². The standard InChI is InChI=1S/C17H18N2O2S/c20-17-19(15-7-1-2-8-16(15)21-17)13-5-3-9-18(11-13)12-14-6-4-10-22-14/h1-2,4,6-8,10,13H,3,5,9,11-12H2. The summed E-state index contributed by atoms with van der Waals surface area (Å²) >= 11 is 1.79. The number of aromatic nitrogens is 1. The molecule has 1 unspecified atom stereocenters. The van der Waals surface area contributed by atoms with E-state index in [9.17, 15) is 4.79 Å². The summed E-state index contributed by atoms with van der Waals surface area (Å²) in [6, 6.07) is 12.2. The molecular formula is C17H18N2O2S. The Morgan fingerprint density at radius 1 is 1.23 bits per heavy atom. The fraction of sp³-hybridized carbons (Fsp3) is 0.353. The molecule has 2 aromatic heterocycles. The highest BCUT2D eigenvalue weighted by atomic mass is 32.1. The van der Waals surface area contributed by atoms with E-state index in [0.29, 0.717) is 5.58 Å². The van der Waals surface area contributed by atoms with Crippen molar-refractivity contribution in [2.75, 3.05) is 13.1 Å². The number of oxazole rings is 1. The Balaban J connectivity index is 1.61. The van der Waals surface area contributed by atoms with Crippen molar-refractivity contribution < 1.29 is 4.42 Å². The predicted molar refractivity (Wildman–Crippen MR) is 88.3 cm³/mol. The third-order valence-electron chi connectivity index (χ3n) is 4.32. The van der Waals surface area contributed by atoms with Gasteiger partial charge in [0, 0.05) is 18.0 Å². The lowest BCUT2D eigenvalue weighted by molar-refractivity contribution is 0.169. The van der Waals surface area contributed by atoms with Crippen molar-refractivity contribution in [2.24, 2.45) is 0 Å². The van der Waals surface area contributed by atoms with Crippen LogP contribution >= 0.6 is 11.3 Å². The van der Waals surface area contributed by atoms with Crippen LogP contribution in [0.3, 0.4) is 0 Å². The van der Waals surface area contributed by atoms with Crippen LogP contribution in [0.25, 0.3) is 11.1 Å². The second-order valence-corrected chi connectivity index (χ2v) is 6.85. The van der Waals surface area contributed by atoms with Crippen LogP contribution in [-0.4, -0.2) is 22.6 Å². The SMILES string of the molecule is O=c1oc2ccccc2n1C1CCCN(Cc2cccs2)C1. The van der Waals surface area contributed by atoms with Crippen molar-refractivity contribution in [3.05, 3.63) is 57.2 Å². The molecule has 4 nitrogen and oxygen atoms in total. The molecule has 1 aromatic carbocycles. The Kier molecular flexibility index (Phi) is 3.60. The van der Waals surface area contributed by atoms with E-state index in [4.69, 9.17) is 4.42 Å². The van der Waals surface area contributed by atoms with Gasteiger partial charge in [-0.2, -0.15) is 0 Å². The van der Waals surface area contributed by atoms with E-state index in [2.05, 4.69) is 22.4 Å². The summed E-state index contributed by atoms with van der Waals surface area (Å²) in [5.74, 6) is -0.232.